The zero-order valence-corrected chi connectivity index (χ0v) is 11.3. The van der Waals surface area contributed by atoms with Crippen LogP contribution in [0.25, 0.3) is 0 Å². The van der Waals surface area contributed by atoms with Crippen molar-refractivity contribution in [1.82, 2.24) is 10.3 Å². The van der Waals surface area contributed by atoms with Gasteiger partial charge < -0.3 is 15.4 Å². The number of ether oxygens (including phenoxy) is 1. The Balaban J connectivity index is 1.73. The second-order valence-corrected chi connectivity index (χ2v) is 5.31. The molecule has 0 spiro atoms. The van der Waals surface area contributed by atoms with E-state index in [1.165, 1.54) is 0 Å². The van der Waals surface area contributed by atoms with Crippen LogP contribution in [0.2, 0.25) is 0 Å². The highest BCUT2D eigenvalue weighted by atomic mass is 16.5. The zero-order chi connectivity index (χ0) is 13.4. The molecule has 0 aromatic carbocycles. The second kappa shape index (κ2) is 4.81. The second-order valence-electron chi connectivity index (χ2n) is 5.31. The first kappa shape index (κ1) is 12.4. The van der Waals surface area contributed by atoms with Gasteiger partial charge in [0.15, 0.2) is 0 Å². The third-order valence-electron chi connectivity index (χ3n) is 3.98. The maximum Gasteiger partial charge on any atom is 0.255 e. The molecule has 3 atom stereocenters. The van der Waals surface area contributed by atoms with Gasteiger partial charge in [0.1, 0.15) is 0 Å². The molecule has 0 radical (unpaired) electrons. The van der Waals surface area contributed by atoms with Gasteiger partial charge in [-0.25, -0.2) is 0 Å². The SMILES string of the molecule is CNc1cc(C)ncc1C(=O)NC1CC2CCC1O2. The number of aryl methyl sites for hydroxylation is 1. The molecule has 3 heterocycles. The molecule has 5 nitrogen and oxygen atoms in total. The maximum atomic E-state index is 12.3. The van der Waals surface area contributed by atoms with Crippen molar-refractivity contribution in [2.45, 2.75) is 44.4 Å². The van der Waals surface area contributed by atoms with E-state index in [9.17, 15) is 4.79 Å². The van der Waals surface area contributed by atoms with Crippen LogP contribution in [0.4, 0.5) is 5.69 Å². The molecule has 3 rings (SSSR count). The minimum atomic E-state index is -0.0713. The number of nitrogens with zero attached hydrogens (tertiary/aromatic N) is 1. The van der Waals surface area contributed by atoms with E-state index >= 15 is 0 Å². The number of anilines is 1. The van der Waals surface area contributed by atoms with Gasteiger partial charge in [0.05, 0.1) is 29.5 Å². The summed E-state index contributed by atoms with van der Waals surface area (Å²) in [5, 5.41) is 6.12. The minimum Gasteiger partial charge on any atom is -0.387 e. The molecule has 1 aromatic heterocycles. The Hall–Kier alpha value is -1.62. The lowest BCUT2D eigenvalue weighted by Crippen LogP contribution is -2.41. The average molecular weight is 261 g/mol. The Morgan fingerprint density at radius 3 is 2.95 bits per heavy atom. The molecule has 1 aromatic rings. The Morgan fingerprint density at radius 2 is 2.32 bits per heavy atom. The largest absolute Gasteiger partial charge is 0.387 e. The van der Waals surface area contributed by atoms with Crippen LogP contribution < -0.4 is 10.6 Å². The zero-order valence-electron chi connectivity index (χ0n) is 11.3. The van der Waals surface area contributed by atoms with Gasteiger partial charge in [-0.15, -0.1) is 0 Å². The predicted molar refractivity (Wildman–Crippen MR) is 72.3 cm³/mol. The van der Waals surface area contributed by atoms with E-state index in [-0.39, 0.29) is 18.1 Å². The van der Waals surface area contributed by atoms with Gasteiger partial charge in [0, 0.05) is 18.9 Å². The topological polar surface area (TPSA) is 63.2 Å². The summed E-state index contributed by atoms with van der Waals surface area (Å²) in [6, 6.07) is 2.03. The number of carbonyl (C=O) groups is 1. The lowest BCUT2D eigenvalue weighted by Gasteiger charge is -2.20. The van der Waals surface area contributed by atoms with E-state index in [0.717, 1.165) is 30.6 Å². The van der Waals surface area contributed by atoms with Crippen molar-refractivity contribution in [3.05, 3.63) is 23.5 Å². The number of nitrogens with one attached hydrogen (secondary N) is 2. The van der Waals surface area contributed by atoms with Gasteiger partial charge in [0.25, 0.3) is 5.91 Å². The summed E-state index contributed by atoms with van der Waals surface area (Å²) in [7, 11) is 1.81. The lowest BCUT2D eigenvalue weighted by atomic mass is 9.95. The molecule has 2 aliphatic heterocycles. The van der Waals surface area contributed by atoms with E-state index in [0.29, 0.717) is 11.7 Å². The smallest absolute Gasteiger partial charge is 0.255 e. The number of fused-ring (bicyclic) bond motifs is 2. The Labute approximate surface area is 112 Å². The molecular formula is C14H19N3O2. The van der Waals surface area contributed by atoms with Gasteiger partial charge >= 0.3 is 0 Å². The van der Waals surface area contributed by atoms with Crippen LogP contribution >= 0.6 is 0 Å². The lowest BCUT2D eigenvalue weighted by molar-refractivity contribution is 0.0841. The Bertz CT molecular complexity index is 503. The fourth-order valence-corrected chi connectivity index (χ4v) is 2.98. The van der Waals surface area contributed by atoms with Gasteiger partial charge in [0.2, 0.25) is 0 Å². The van der Waals surface area contributed by atoms with Crippen LogP contribution in [0.5, 0.6) is 0 Å². The van der Waals surface area contributed by atoms with E-state index in [2.05, 4.69) is 15.6 Å². The fraction of sp³-hybridized carbons (Fsp3) is 0.571. The summed E-state index contributed by atoms with van der Waals surface area (Å²) in [6.45, 7) is 1.91. The Morgan fingerprint density at radius 1 is 1.47 bits per heavy atom. The molecule has 2 saturated heterocycles. The van der Waals surface area contributed by atoms with Crippen molar-refractivity contribution < 1.29 is 9.53 Å². The van der Waals surface area contributed by atoms with Crippen molar-refractivity contribution in [3.8, 4) is 0 Å². The third kappa shape index (κ3) is 2.30. The van der Waals surface area contributed by atoms with Crippen molar-refractivity contribution >= 4 is 11.6 Å². The standard InChI is InChI=1S/C14H19N3O2/c1-8-5-11(15-2)10(7-16-8)14(18)17-12-6-9-3-4-13(12)19-9/h5,7,9,12-13H,3-4,6H2,1-2H3,(H,15,16)(H,17,18). The Kier molecular flexibility index (Phi) is 3.14. The molecule has 0 aliphatic carbocycles. The molecular weight excluding hydrogens is 242 g/mol. The highest BCUT2D eigenvalue weighted by molar-refractivity contribution is 5.99. The normalized spacial score (nSPS) is 28.4. The van der Waals surface area contributed by atoms with E-state index in [1.807, 2.05) is 20.0 Å². The third-order valence-corrected chi connectivity index (χ3v) is 3.98. The van der Waals surface area contributed by atoms with E-state index in [4.69, 9.17) is 4.74 Å². The first-order valence-electron chi connectivity index (χ1n) is 6.78. The van der Waals surface area contributed by atoms with Crippen molar-refractivity contribution in [2.75, 3.05) is 12.4 Å². The van der Waals surface area contributed by atoms with Crippen LogP contribution in [0.15, 0.2) is 12.3 Å². The van der Waals surface area contributed by atoms with Gasteiger partial charge in [-0.1, -0.05) is 0 Å². The molecule has 2 bridgehead atoms. The molecule has 1 amide bonds. The highest BCUT2D eigenvalue weighted by Crippen LogP contribution is 2.34. The number of amides is 1. The van der Waals surface area contributed by atoms with Gasteiger partial charge in [-0.3, -0.25) is 9.78 Å². The van der Waals surface area contributed by atoms with Crippen LogP contribution in [-0.4, -0.2) is 36.2 Å². The summed E-state index contributed by atoms with van der Waals surface area (Å²) in [5.41, 5.74) is 2.30. The number of rotatable bonds is 3. The molecule has 0 saturated carbocycles. The van der Waals surface area contributed by atoms with Crippen LogP contribution in [0, 0.1) is 6.92 Å². The number of carbonyl (C=O) groups excluding carboxylic acids is 1. The van der Waals surface area contributed by atoms with Crippen molar-refractivity contribution in [1.29, 1.82) is 0 Å². The van der Waals surface area contributed by atoms with Crippen molar-refractivity contribution in [3.63, 3.8) is 0 Å². The van der Waals surface area contributed by atoms with Crippen LogP contribution in [0.3, 0.4) is 0 Å². The van der Waals surface area contributed by atoms with E-state index in [1.54, 1.807) is 6.20 Å². The van der Waals surface area contributed by atoms with Crippen LogP contribution in [0.1, 0.15) is 35.3 Å². The monoisotopic (exact) mass is 261 g/mol. The molecule has 3 unspecified atom stereocenters. The maximum absolute atomic E-state index is 12.3. The summed E-state index contributed by atoms with van der Waals surface area (Å²) in [5.74, 6) is -0.0713. The number of pyridine rings is 1. The molecule has 2 aliphatic rings. The molecule has 102 valence electrons. The summed E-state index contributed by atoms with van der Waals surface area (Å²) >= 11 is 0. The minimum absolute atomic E-state index is 0.0713. The quantitative estimate of drug-likeness (QED) is 0.865. The number of hydrogen-bond acceptors (Lipinski definition) is 4. The first-order chi connectivity index (χ1) is 9.17. The molecule has 2 fully saturated rings. The molecule has 19 heavy (non-hydrogen) atoms. The summed E-state index contributed by atoms with van der Waals surface area (Å²) in [6.07, 6.45) is 5.29. The molecule has 2 N–H and O–H groups in total. The van der Waals surface area contributed by atoms with E-state index < -0.39 is 0 Å². The first-order valence-corrected chi connectivity index (χ1v) is 6.78. The fourth-order valence-electron chi connectivity index (χ4n) is 2.98. The summed E-state index contributed by atoms with van der Waals surface area (Å²) in [4.78, 5) is 16.5. The predicted octanol–water partition coefficient (Wildman–Crippen LogP) is 1.48. The average Bonchev–Trinajstić information content (AvgIpc) is 3.00. The molecule has 5 heteroatoms. The number of hydrogen-bond donors (Lipinski definition) is 2. The van der Waals surface area contributed by atoms with Crippen molar-refractivity contribution in [2.24, 2.45) is 0 Å². The van der Waals surface area contributed by atoms with Crippen LogP contribution in [-0.2, 0) is 4.74 Å². The number of aromatic nitrogens is 1. The van der Waals surface area contributed by atoms with Gasteiger partial charge in [-0.05, 0) is 32.3 Å². The highest BCUT2D eigenvalue weighted by Gasteiger charge is 2.41. The summed E-state index contributed by atoms with van der Waals surface area (Å²) < 4.78 is 5.75. The van der Waals surface area contributed by atoms with Gasteiger partial charge in [-0.2, -0.15) is 0 Å².